The van der Waals surface area contributed by atoms with E-state index < -0.39 is 0 Å². The minimum atomic E-state index is 0.0377. The zero-order chi connectivity index (χ0) is 14.5. The molecular formula is C14H22N2O2S2. The van der Waals surface area contributed by atoms with Gasteiger partial charge < -0.3 is 9.64 Å². The molecule has 4 nitrogen and oxygen atoms in total. The fraction of sp³-hybridized carbons (Fsp3) is 0.714. The zero-order valence-electron chi connectivity index (χ0n) is 12.3. The number of hydrogen-bond donors (Lipinski definition) is 0. The number of aromatic nitrogens is 1. The van der Waals surface area contributed by atoms with Crippen LogP contribution in [-0.4, -0.2) is 47.0 Å². The summed E-state index contributed by atoms with van der Waals surface area (Å²) in [6, 6.07) is 0.360. The van der Waals surface area contributed by atoms with E-state index in [2.05, 4.69) is 11.9 Å². The van der Waals surface area contributed by atoms with Crippen LogP contribution in [0.25, 0.3) is 0 Å². The van der Waals surface area contributed by atoms with Crippen molar-refractivity contribution in [3.63, 3.8) is 0 Å². The molecule has 1 aromatic heterocycles. The van der Waals surface area contributed by atoms with Crippen LogP contribution in [0.4, 0.5) is 0 Å². The van der Waals surface area contributed by atoms with E-state index in [1.165, 1.54) is 17.8 Å². The van der Waals surface area contributed by atoms with Crippen LogP contribution in [-0.2, 0) is 11.3 Å². The number of amides is 1. The normalized spacial score (nSPS) is 22.1. The number of carbonyl (C=O) groups is 1. The van der Waals surface area contributed by atoms with Crippen LogP contribution in [0.3, 0.4) is 0 Å². The Hall–Kier alpha value is -0.590. The second-order valence-corrected chi connectivity index (χ2v) is 7.54. The predicted octanol–water partition coefficient (Wildman–Crippen LogP) is 3.04. The predicted molar refractivity (Wildman–Crippen MR) is 84.5 cm³/mol. The minimum absolute atomic E-state index is 0.0377. The topological polar surface area (TPSA) is 42.4 Å². The molecule has 1 saturated carbocycles. The van der Waals surface area contributed by atoms with Crippen molar-refractivity contribution in [2.24, 2.45) is 0 Å². The first-order chi connectivity index (χ1) is 9.65. The lowest BCUT2D eigenvalue weighted by Gasteiger charge is -2.23. The maximum Gasteiger partial charge on any atom is 0.273 e. The Morgan fingerprint density at radius 2 is 2.40 bits per heavy atom. The Balaban J connectivity index is 1.94. The largest absolute Gasteiger partial charge is 0.378 e. The van der Waals surface area contributed by atoms with Gasteiger partial charge in [-0.3, -0.25) is 4.79 Å². The van der Waals surface area contributed by atoms with Crippen LogP contribution in [0, 0.1) is 0 Å². The number of methoxy groups -OCH3 is 1. The second-order valence-electron chi connectivity index (χ2n) is 5.02. The number of thioether (sulfide) groups is 1. The molecule has 0 saturated heterocycles. The molecule has 20 heavy (non-hydrogen) atoms. The fourth-order valence-corrected chi connectivity index (χ4v) is 4.47. The van der Waals surface area contributed by atoms with Gasteiger partial charge in [0.05, 0.1) is 6.61 Å². The van der Waals surface area contributed by atoms with Crippen LogP contribution >= 0.6 is 23.1 Å². The number of hydrogen-bond acceptors (Lipinski definition) is 5. The van der Waals surface area contributed by atoms with Crippen molar-refractivity contribution >= 4 is 29.0 Å². The van der Waals surface area contributed by atoms with Gasteiger partial charge in [0, 0.05) is 30.8 Å². The molecule has 1 amide bonds. The second kappa shape index (κ2) is 7.43. The van der Waals surface area contributed by atoms with Crippen molar-refractivity contribution < 1.29 is 9.53 Å². The van der Waals surface area contributed by atoms with Crippen LogP contribution in [0.15, 0.2) is 5.38 Å². The van der Waals surface area contributed by atoms with Crippen molar-refractivity contribution in [1.29, 1.82) is 0 Å². The van der Waals surface area contributed by atoms with E-state index in [9.17, 15) is 4.79 Å². The number of rotatable bonds is 6. The average molecular weight is 314 g/mol. The molecular weight excluding hydrogens is 292 g/mol. The van der Waals surface area contributed by atoms with Crippen LogP contribution in [0.2, 0.25) is 0 Å². The molecule has 0 bridgehead atoms. The van der Waals surface area contributed by atoms with Crippen molar-refractivity contribution in [2.45, 2.75) is 44.1 Å². The van der Waals surface area contributed by atoms with Gasteiger partial charge in [-0.15, -0.1) is 11.3 Å². The SMILES string of the molecule is CCS[C@@H]1CC[C@H](N(C)C(=O)c2csc(COC)n2)C1. The third-order valence-electron chi connectivity index (χ3n) is 3.67. The highest BCUT2D eigenvalue weighted by Gasteiger charge is 2.30. The van der Waals surface area contributed by atoms with Crippen LogP contribution in [0.1, 0.15) is 41.7 Å². The Morgan fingerprint density at radius 1 is 1.60 bits per heavy atom. The van der Waals surface area contributed by atoms with Gasteiger partial charge in [0.1, 0.15) is 10.7 Å². The van der Waals surface area contributed by atoms with Crippen molar-refractivity contribution in [3.8, 4) is 0 Å². The molecule has 1 heterocycles. The van der Waals surface area contributed by atoms with E-state index >= 15 is 0 Å². The molecule has 1 aromatic rings. The van der Waals surface area contributed by atoms with Gasteiger partial charge >= 0.3 is 0 Å². The lowest BCUT2D eigenvalue weighted by molar-refractivity contribution is 0.0729. The molecule has 0 aromatic carbocycles. The smallest absolute Gasteiger partial charge is 0.273 e. The molecule has 0 unspecified atom stereocenters. The van der Waals surface area contributed by atoms with E-state index in [1.54, 1.807) is 7.11 Å². The van der Waals surface area contributed by atoms with Gasteiger partial charge in [-0.2, -0.15) is 11.8 Å². The highest BCUT2D eigenvalue weighted by atomic mass is 32.2. The summed E-state index contributed by atoms with van der Waals surface area (Å²) in [5.41, 5.74) is 0.552. The van der Waals surface area contributed by atoms with Gasteiger partial charge in [0.15, 0.2) is 0 Å². The Labute approximate surface area is 128 Å². The average Bonchev–Trinajstić information content (AvgIpc) is 3.07. The molecule has 0 N–H and O–H groups in total. The summed E-state index contributed by atoms with van der Waals surface area (Å²) in [5, 5.41) is 3.40. The Morgan fingerprint density at radius 3 is 3.10 bits per heavy atom. The van der Waals surface area contributed by atoms with Crippen molar-refractivity contribution in [3.05, 3.63) is 16.1 Å². The van der Waals surface area contributed by atoms with Gasteiger partial charge in [0.25, 0.3) is 5.91 Å². The number of ether oxygens (including phenoxy) is 1. The molecule has 1 fully saturated rings. The van der Waals surface area contributed by atoms with Gasteiger partial charge in [-0.05, 0) is 25.0 Å². The van der Waals surface area contributed by atoms with Gasteiger partial charge in [-0.1, -0.05) is 6.92 Å². The van der Waals surface area contributed by atoms with Crippen molar-refractivity contribution in [2.75, 3.05) is 19.9 Å². The molecule has 112 valence electrons. The van der Waals surface area contributed by atoms with Crippen molar-refractivity contribution in [1.82, 2.24) is 9.88 Å². The summed E-state index contributed by atoms with van der Waals surface area (Å²) in [5.74, 6) is 1.19. The Kier molecular flexibility index (Phi) is 5.86. The number of thiazole rings is 1. The van der Waals surface area contributed by atoms with Crippen LogP contribution in [0.5, 0.6) is 0 Å². The molecule has 2 rings (SSSR count). The number of carbonyl (C=O) groups excluding carboxylic acids is 1. The molecule has 0 spiro atoms. The highest BCUT2D eigenvalue weighted by Crippen LogP contribution is 2.32. The summed E-state index contributed by atoms with van der Waals surface area (Å²) in [7, 11) is 3.54. The first kappa shape index (κ1) is 15.8. The lowest BCUT2D eigenvalue weighted by atomic mass is 10.2. The van der Waals surface area contributed by atoms with E-state index in [4.69, 9.17) is 4.74 Å². The third-order valence-corrected chi connectivity index (χ3v) is 5.72. The maximum atomic E-state index is 12.4. The van der Waals surface area contributed by atoms with Crippen LogP contribution < -0.4 is 0 Å². The van der Waals surface area contributed by atoms with E-state index in [1.807, 2.05) is 29.1 Å². The van der Waals surface area contributed by atoms with E-state index in [-0.39, 0.29) is 5.91 Å². The molecule has 1 aliphatic rings. The van der Waals surface area contributed by atoms with Gasteiger partial charge in [-0.25, -0.2) is 4.98 Å². The van der Waals surface area contributed by atoms with Gasteiger partial charge in [0.2, 0.25) is 0 Å². The summed E-state index contributed by atoms with van der Waals surface area (Å²) < 4.78 is 5.04. The maximum absolute atomic E-state index is 12.4. The molecule has 1 aliphatic carbocycles. The fourth-order valence-electron chi connectivity index (χ4n) is 2.60. The summed E-state index contributed by atoms with van der Waals surface area (Å²) in [4.78, 5) is 18.7. The lowest BCUT2D eigenvalue weighted by Crippen LogP contribution is -2.35. The highest BCUT2D eigenvalue weighted by molar-refractivity contribution is 7.99. The van der Waals surface area contributed by atoms with E-state index in [0.29, 0.717) is 23.6 Å². The molecule has 0 aliphatic heterocycles. The summed E-state index contributed by atoms with van der Waals surface area (Å²) in [6.07, 6.45) is 3.43. The first-order valence-corrected chi connectivity index (χ1v) is 8.90. The van der Waals surface area contributed by atoms with E-state index in [0.717, 1.165) is 23.6 Å². The summed E-state index contributed by atoms with van der Waals surface area (Å²) >= 11 is 3.49. The Bertz CT molecular complexity index is 450. The molecule has 6 heteroatoms. The summed E-state index contributed by atoms with van der Waals surface area (Å²) in [6.45, 7) is 2.67. The molecule has 0 radical (unpaired) electrons. The minimum Gasteiger partial charge on any atom is -0.378 e. The quantitative estimate of drug-likeness (QED) is 0.809. The zero-order valence-corrected chi connectivity index (χ0v) is 13.9. The third kappa shape index (κ3) is 3.74. The first-order valence-electron chi connectivity index (χ1n) is 6.97. The monoisotopic (exact) mass is 314 g/mol. The standard InChI is InChI=1S/C14H22N2O2S2/c1-4-19-11-6-5-10(7-11)16(2)14(17)12-9-20-13(15-12)8-18-3/h9-11H,4-8H2,1-3H3/t10-,11+/m0/s1. The number of nitrogens with zero attached hydrogens (tertiary/aromatic N) is 2. The molecule has 2 atom stereocenters.